The van der Waals surface area contributed by atoms with Crippen LogP contribution in [0.3, 0.4) is 0 Å². The van der Waals surface area contributed by atoms with Crippen molar-refractivity contribution in [2.75, 3.05) is 19.6 Å². The molecule has 1 N–H and O–H groups in total. The largest absolute Gasteiger partial charge is 0.391 e. The lowest BCUT2D eigenvalue weighted by atomic mass is 9.84. The maximum absolute atomic E-state index is 10.0. The van der Waals surface area contributed by atoms with E-state index in [-0.39, 0.29) is 11.5 Å². The lowest BCUT2D eigenvalue weighted by molar-refractivity contribution is 0.0218. The van der Waals surface area contributed by atoms with Gasteiger partial charge in [0.15, 0.2) is 0 Å². The van der Waals surface area contributed by atoms with Gasteiger partial charge < -0.3 is 10.0 Å². The molecule has 0 spiro atoms. The first-order chi connectivity index (χ1) is 6.93. The van der Waals surface area contributed by atoms with Crippen LogP contribution in [-0.2, 0) is 0 Å². The molecule has 15 heavy (non-hydrogen) atoms. The van der Waals surface area contributed by atoms with Crippen LogP contribution in [0.2, 0.25) is 0 Å². The molecular weight excluding hydrogens is 186 g/mol. The molecule has 0 aliphatic heterocycles. The summed E-state index contributed by atoms with van der Waals surface area (Å²) in [5, 5.41) is 10.0. The molecule has 0 aromatic heterocycles. The Morgan fingerprint density at radius 3 is 2.27 bits per heavy atom. The molecule has 0 heterocycles. The third-order valence-electron chi connectivity index (χ3n) is 3.62. The van der Waals surface area contributed by atoms with Crippen LogP contribution >= 0.6 is 0 Å². The van der Waals surface area contributed by atoms with Gasteiger partial charge in [0.2, 0.25) is 0 Å². The summed E-state index contributed by atoms with van der Waals surface area (Å²) in [7, 11) is 0. The highest BCUT2D eigenvalue weighted by Gasteiger charge is 2.26. The molecule has 0 bridgehead atoms. The Labute approximate surface area is 94.7 Å². The molecular formula is C13H27NO. The predicted molar refractivity (Wildman–Crippen MR) is 64.9 cm³/mol. The van der Waals surface area contributed by atoms with E-state index in [1.165, 1.54) is 25.8 Å². The molecule has 1 aliphatic rings. The van der Waals surface area contributed by atoms with Gasteiger partial charge in [-0.25, -0.2) is 0 Å². The van der Waals surface area contributed by atoms with E-state index in [1.807, 2.05) is 0 Å². The molecule has 1 atom stereocenters. The van der Waals surface area contributed by atoms with E-state index < -0.39 is 0 Å². The topological polar surface area (TPSA) is 23.5 Å². The van der Waals surface area contributed by atoms with Gasteiger partial charge in [0.25, 0.3) is 0 Å². The third-order valence-corrected chi connectivity index (χ3v) is 3.62. The Bertz CT molecular complexity index is 181. The Kier molecular flexibility index (Phi) is 4.60. The van der Waals surface area contributed by atoms with Crippen LogP contribution in [0.25, 0.3) is 0 Å². The summed E-state index contributed by atoms with van der Waals surface area (Å²) in [6.45, 7) is 11.6. The van der Waals surface area contributed by atoms with Gasteiger partial charge in [0, 0.05) is 13.1 Å². The van der Waals surface area contributed by atoms with Crippen LogP contribution in [0, 0.1) is 11.3 Å². The summed E-state index contributed by atoms with van der Waals surface area (Å²) in [4.78, 5) is 2.40. The zero-order chi connectivity index (χ0) is 11.5. The van der Waals surface area contributed by atoms with E-state index in [4.69, 9.17) is 0 Å². The van der Waals surface area contributed by atoms with Gasteiger partial charge in [0.05, 0.1) is 6.10 Å². The van der Waals surface area contributed by atoms with Gasteiger partial charge in [-0.2, -0.15) is 0 Å². The van der Waals surface area contributed by atoms with Crippen LogP contribution in [0.4, 0.5) is 0 Å². The Hall–Kier alpha value is -0.0800. The molecule has 1 saturated carbocycles. The number of likely N-dealkylation sites (N-methyl/N-ethyl adjacent to an activating group) is 1. The number of hydrogen-bond donors (Lipinski definition) is 1. The van der Waals surface area contributed by atoms with E-state index in [2.05, 4.69) is 32.6 Å². The molecule has 0 aromatic carbocycles. The summed E-state index contributed by atoms with van der Waals surface area (Å²) < 4.78 is 0. The van der Waals surface area contributed by atoms with Crippen molar-refractivity contribution in [3.8, 4) is 0 Å². The van der Waals surface area contributed by atoms with Crippen LogP contribution < -0.4 is 0 Å². The van der Waals surface area contributed by atoms with E-state index >= 15 is 0 Å². The summed E-state index contributed by atoms with van der Waals surface area (Å²) >= 11 is 0. The van der Waals surface area contributed by atoms with E-state index in [9.17, 15) is 5.11 Å². The van der Waals surface area contributed by atoms with Gasteiger partial charge in [-0.1, -0.05) is 34.1 Å². The standard InChI is InChI=1S/C13H27NO/c1-5-14(9-11-7-6-8-11)10-12(15)13(2,3)4/h11-12,15H,5-10H2,1-4H3. The number of hydrogen-bond acceptors (Lipinski definition) is 2. The summed E-state index contributed by atoms with van der Waals surface area (Å²) in [6.07, 6.45) is 3.98. The number of nitrogens with zero attached hydrogens (tertiary/aromatic N) is 1. The average Bonchev–Trinajstić information content (AvgIpc) is 2.06. The maximum Gasteiger partial charge on any atom is 0.0715 e. The predicted octanol–water partition coefficient (Wildman–Crippen LogP) is 2.52. The van der Waals surface area contributed by atoms with Crippen LogP contribution in [0.15, 0.2) is 0 Å². The lowest BCUT2D eigenvalue weighted by Gasteiger charge is -2.35. The SMILES string of the molecule is CCN(CC1CCC1)CC(O)C(C)(C)C. The van der Waals surface area contributed by atoms with Gasteiger partial charge in [0.1, 0.15) is 0 Å². The second-order valence-corrected chi connectivity index (χ2v) is 6.03. The van der Waals surface area contributed by atoms with E-state index in [1.54, 1.807) is 0 Å². The fourth-order valence-corrected chi connectivity index (χ4v) is 1.89. The Morgan fingerprint density at radius 1 is 1.33 bits per heavy atom. The fourth-order valence-electron chi connectivity index (χ4n) is 1.89. The number of rotatable bonds is 5. The molecule has 0 saturated heterocycles. The lowest BCUT2D eigenvalue weighted by Crippen LogP contribution is -2.42. The van der Waals surface area contributed by atoms with Crippen molar-refractivity contribution in [1.29, 1.82) is 0 Å². The normalized spacial score (nSPS) is 20.4. The monoisotopic (exact) mass is 213 g/mol. The molecule has 1 aliphatic carbocycles. The minimum Gasteiger partial charge on any atom is -0.391 e. The first kappa shape index (κ1) is 13.0. The van der Waals surface area contributed by atoms with Crippen LogP contribution in [0.1, 0.15) is 47.0 Å². The molecule has 2 heteroatoms. The second kappa shape index (κ2) is 5.31. The Morgan fingerprint density at radius 2 is 1.93 bits per heavy atom. The van der Waals surface area contributed by atoms with Gasteiger partial charge in [-0.05, 0) is 30.7 Å². The smallest absolute Gasteiger partial charge is 0.0715 e. The average molecular weight is 213 g/mol. The zero-order valence-corrected chi connectivity index (χ0v) is 10.8. The van der Waals surface area contributed by atoms with Crippen molar-refractivity contribution in [2.24, 2.45) is 11.3 Å². The quantitative estimate of drug-likeness (QED) is 0.758. The van der Waals surface area contributed by atoms with Gasteiger partial charge in [-0.3, -0.25) is 0 Å². The molecule has 1 fully saturated rings. The highest BCUT2D eigenvalue weighted by Crippen LogP contribution is 2.28. The highest BCUT2D eigenvalue weighted by molar-refractivity contribution is 4.79. The molecule has 1 unspecified atom stereocenters. The molecule has 1 rings (SSSR count). The van der Waals surface area contributed by atoms with Crippen LogP contribution in [0.5, 0.6) is 0 Å². The summed E-state index contributed by atoms with van der Waals surface area (Å²) in [6, 6.07) is 0. The first-order valence-corrected chi connectivity index (χ1v) is 6.34. The zero-order valence-electron chi connectivity index (χ0n) is 10.8. The molecule has 2 nitrogen and oxygen atoms in total. The highest BCUT2D eigenvalue weighted by atomic mass is 16.3. The van der Waals surface area contributed by atoms with Crippen molar-refractivity contribution in [3.63, 3.8) is 0 Å². The minimum absolute atomic E-state index is 0.00698. The number of aliphatic hydroxyl groups is 1. The van der Waals surface area contributed by atoms with Crippen molar-refractivity contribution in [2.45, 2.75) is 53.1 Å². The minimum atomic E-state index is -0.211. The fraction of sp³-hybridized carbons (Fsp3) is 1.00. The third kappa shape index (κ3) is 4.12. The molecule has 0 aromatic rings. The van der Waals surface area contributed by atoms with Crippen molar-refractivity contribution in [3.05, 3.63) is 0 Å². The maximum atomic E-state index is 10.0. The number of aliphatic hydroxyl groups excluding tert-OH is 1. The van der Waals surface area contributed by atoms with E-state index in [0.29, 0.717) is 0 Å². The Balaban J connectivity index is 2.31. The molecule has 90 valence electrons. The molecule has 0 radical (unpaired) electrons. The second-order valence-electron chi connectivity index (χ2n) is 6.03. The summed E-state index contributed by atoms with van der Waals surface area (Å²) in [5.74, 6) is 0.900. The van der Waals surface area contributed by atoms with Gasteiger partial charge in [-0.15, -0.1) is 0 Å². The van der Waals surface area contributed by atoms with E-state index in [0.717, 1.165) is 19.0 Å². The van der Waals surface area contributed by atoms with Crippen molar-refractivity contribution >= 4 is 0 Å². The van der Waals surface area contributed by atoms with Crippen molar-refractivity contribution < 1.29 is 5.11 Å². The van der Waals surface area contributed by atoms with Gasteiger partial charge >= 0.3 is 0 Å². The van der Waals surface area contributed by atoms with Crippen molar-refractivity contribution in [1.82, 2.24) is 4.90 Å². The summed E-state index contributed by atoms with van der Waals surface area (Å²) in [5.41, 5.74) is 0.00698. The molecule has 0 amide bonds. The first-order valence-electron chi connectivity index (χ1n) is 6.34. The van der Waals surface area contributed by atoms with Crippen LogP contribution in [-0.4, -0.2) is 35.7 Å².